The van der Waals surface area contributed by atoms with Crippen molar-refractivity contribution in [1.29, 1.82) is 0 Å². The molecule has 8 rings (SSSR count). The van der Waals surface area contributed by atoms with Gasteiger partial charge in [-0.3, -0.25) is 0 Å². The van der Waals surface area contributed by atoms with E-state index in [9.17, 15) is 0 Å². The lowest BCUT2D eigenvalue weighted by Crippen LogP contribution is -2.15. The maximum absolute atomic E-state index is 2.41. The summed E-state index contributed by atoms with van der Waals surface area (Å²) < 4.78 is 0. The summed E-state index contributed by atoms with van der Waals surface area (Å²) >= 11 is 0. The first-order valence-electron chi connectivity index (χ1n) is 15.4. The van der Waals surface area contributed by atoms with E-state index in [4.69, 9.17) is 0 Å². The van der Waals surface area contributed by atoms with Crippen LogP contribution >= 0.6 is 0 Å². The van der Waals surface area contributed by atoms with Crippen LogP contribution in [0.15, 0.2) is 164 Å². The molecule has 0 atom stereocenters. The van der Waals surface area contributed by atoms with Gasteiger partial charge in [0.1, 0.15) is 0 Å². The van der Waals surface area contributed by atoms with Gasteiger partial charge in [0.05, 0.1) is 5.69 Å². The number of anilines is 3. The molecule has 1 nitrogen and oxygen atoms in total. The molecule has 1 heteroatoms. The highest BCUT2D eigenvalue weighted by Gasteiger charge is 2.36. The van der Waals surface area contributed by atoms with E-state index in [-0.39, 0.29) is 5.41 Å². The highest BCUT2D eigenvalue weighted by molar-refractivity contribution is 6.08. The number of rotatable bonds is 5. The quantitative estimate of drug-likeness (QED) is 0.201. The fourth-order valence-corrected chi connectivity index (χ4v) is 7.03. The molecule has 7 aromatic carbocycles. The molecule has 0 unspecified atom stereocenters. The molecule has 0 fully saturated rings. The van der Waals surface area contributed by atoms with Crippen LogP contribution in [-0.2, 0) is 5.41 Å². The maximum atomic E-state index is 2.41. The molecule has 0 amide bonds. The molecule has 0 saturated carbocycles. The SMILES string of the molecule is CC1(C)c2ccccc2-c2c1ccc1c(N(c3ccc(-c4ccccc4)cc3)c3ccc(-c4ccccc4)cc3)cccc21. The molecule has 44 heavy (non-hydrogen) atoms. The van der Waals surface area contributed by atoms with Gasteiger partial charge < -0.3 is 4.90 Å². The summed E-state index contributed by atoms with van der Waals surface area (Å²) in [6.45, 7) is 4.70. The monoisotopic (exact) mass is 563 g/mol. The zero-order valence-electron chi connectivity index (χ0n) is 25.0. The Morgan fingerprint density at radius 1 is 0.386 bits per heavy atom. The van der Waals surface area contributed by atoms with Gasteiger partial charge in [-0.15, -0.1) is 0 Å². The van der Waals surface area contributed by atoms with E-state index in [1.807, 2.05) is 0 Å². The van der Waals surface area contributed by atoms with Gasteiger partial charge in [0.2, 0.25) is 0 Å². The van der Waals surface area contributed by atoms with E-state index in [0.29, 0.717) is 0 Å². The number of fused-ring (bicyclic) bond motifs is 5. The third-order valence-corrected chi connectivity index (χ3v) is 9.29. The lowest BCUT2D eigenvalue weighted by atomic mass is 9.82. The lowest BCUT2D eigenvalue weighted by molar-refractivity contribution is 0.661. The summed E-state index contributed by atoms with van der Waals surface area (Å²) in [5, 5.41) is 2.54. The summed E-state index contributed by atoms with van der Waals surface area (Å²) in [6.07, 6.45) is 0. The zero-order valence-corrected chi connectivity index (χ0v) is 25.0. The van der Waals surface area contributed by atoms with Crippen LogP contribution < -0.4 is 4.90 Å². The summed E-state index contributed by atoms with van der Waals surface area (Å²) in [5.74, 6) is 0. The van der Waals surface area contributed by atoms with Crippen LogP contribution in [0, 0.1) is 0 Å². The van der Waals surface area contributed by atoms with E-state index >= 15 is 0 Å². The van der Waals surface area contributed by atoms with Crippen molar-refractivity contribution in [2.24, 2.45) is 0 Å². The van der Waals surface area contributed by atoms with Crippen molar-refractivity contribution in [2.75, 3.05) is 4.90 Å². The molecule has 0 spiro atoms. The molecule has 0 radical (unpaired) electrons. The van der Waals surface area contributed by atoms with Crippen LogP contribution in [0.4, 0.5) is 17.1 Å². The average Bonchev–Trinajstić information content (AvgIpc) is 3.33. The summed E-state index contributed by atoms with van der Waals surface area (Å²) in [4.78, 5) is 2.41. The van der Waals surface area contributed by atoms with Gasteiger partial charge in [-0.1, -0.05) is 147 Å². The van der Waals surface area contributed by atoms with Crippen LogP contribution in [-0.4, -0.2) is 0 Å². The Labute approximate surface area is 259 Å². The van der Waals surface area contributed by atoms with E-state index in [0.717, 1.165) is 11.4 Å². The van der Waals surface area contributed by atoms with Gasteiger partial charge in [0.15, 0.2) is 0 Å². The van der Waals surface area contributed by atoms with E-state index in [2.05, 4.69) is 183 Å². The first-order chi connectivity index (χ1) is 21.6. The normalized spacial score (nSPS) is 13.0. The molecular weight excluding hydrogens is 530 g/mol. The van der Waals surface area contributed by atoms with E-state index < -0.39 is 0 Å². The van der Waals surface area contributed by atoms with Gasteiger partial charge in [-0.05, 0) is 80.2 Å². The van der Waals surface area contributed by atoms with Crippen LogP contribution in [0.1, 0.15) is 25.0 Å². The first kappa shape index (κ1) is 26.2. The van der Waals surface area contributed by atoms with Crippen molar-refractivity contribution in [1.82, 2.24) is 0 Å². The predicted molar refractivity (Wildman–Crippen MR) is 187 cm³/mol. The van der Waals surface area contributed by atoms with Gasteiger partial charge in [0.25, 0.3) is 0 Å². The topological polar surface area (TPSA) is 3.24 Å². The van der Waals surface area contributed by atoms with Crippen LogP contribution in [0.2, 0.25) is 0 Å². The van der Waals surface area contributed by atoms with Gasteiger partial charge in [-0.2, -0.15) is 0 Å². The predicted octanol–water partition coefficient (Wildman–Crippen LogP) is 11.9. The minimum Gasteiger partial charge on any atom is -0.310 e. The largest absolute Gasteiger partial charge is 0.310 e. The Bertz CT molecular complexity index is 2020. The van der Waals surface area contributed by atoms with Crippen molar-refractivity contribution in [2.45, 2.75) is 19.3 Å². The van der Waals surface area contributed by atoms with Crippen molar-refractivity contribution in [3.8, 4) is 33.4 Å². The molecule has 0 aromatic heterocycles. The number of hydrogen-bond donors (Lipinski definition) is 0. The fraction of sp³-hybridized carbons (Fsp3) is 0.0698. The maximum Gasteiger partial charge on any atom is 0.0540 e. The molecule has 7 aromatic rings. The second kappa shape index (κ2) is 10.4. The summed E-state index contributed by atoms with van der Waals surface area (Å²) in [7, 11) is 0. The Hall–Kier alpha value is -5.40. The molecule has 0 saturated heterocycles. The molecule has 0 N–H and O–H groups in total. The third-order valence-electron chi connectivity index (χ3n) is 9.29. The van der Waals surface area contributed by atoms with Crippen molar-refractivity contribution in [3.05, 3.63) is 175 Å². The Morgan fingerprint density at radius 2 is 0.909 bits per heavy atom. The second-order valence-corrected chi connectivity index (χ2v) is 12.2. The molecule has 0 heterocycles. The lowest BCUT2D eigenvalue weighted by Gasteiger charge is -2.28. The van der Waals surface area contributed by atoms with Crippen molar-refractivity contribution in [3.63, 3.8) is 0 Å². The Balaban J connectivity index is 1.31. The van der Waals surface area contributed by atoms with Crippen molar-refractivity contribution < 1.29 is 0 Å². The first-order valence-corrected chi connectivity index (χ1v) is 15.4. The van der Waals surface area contributed by atoms with Crippen LogP contribution in [0.25, 0.3) is 44.2 Å². The van der Waals surface area contributed by atoms with Gasteiger partial charge in [0, 0.05) is 22.2 Å². The van der Waals surface area contributed by atoms with E-state index in [1.165, 1.54) is 61.0 Å². The highest BCUT2D eigenvalue weighted by Crippen LogP contribution is 2.52. The number of benzene rings is 7. The molecule has 0 aliphatic heterocycles. The van der Waals surface area contributed by atoms with Crippen LogP contribution in [0.3, 0.4) is 0 Å². The minimum atomic E-state index is -0.0314. The van der Waals surface area contributed by atoms with Gasteiger partial charge >= 0.3 is 0 Å². The van der Waals surface area contributed by atoms with Gasteiger partial charge in [-0.25, -0.2) is 0 Å². The average molecular weight is 564 g/mol. The standard InChI is InChI=1S/C43H33N/c1-43(2)39-18-10-9-16-38(39)42-37-17-11-19-41(36(37)28-29-40(42)43)44(34-24-20-32(21-25-34)30-12-5-3-6-13-30)35-26-22-33(23-27-35)31-14-7-4-8-15-31/h3-29H,1-2H3. The molecular formula is C43H33N. The summed E-state index contributed by atoms with van der Waals surface area (Å²) in [6, 6.07) is 59.5. The third kappa shape index (κ3) is 4.24. The number of hydrogen-bond acceptors (Lipinski definition) is 1. The molecule has 210 valence electrons. The Morgan fingerprint density at radius 3 is 1.50 bits per heavy atom. The summed E-state index contributed by atoms with van der Waals surface area (Å²) in [5.41, 5.74) is 13.8. The molecule has 1 aliphatic carbocycles. The Kier molecular flexibility index (Phi) is 6.20. The van der Waals surface area contributed by atoms with Crippen LogP contribution in [0.5, 0.6) is 0 Å². The van der Waals surface area contributed by atoms with Crippen molar-refractivity contribution >= 4 is 27.8 Å². The minimum absolute atomic E-state index is 0.0314. The second-order valence-electron chi connectivity index (χ2n) is 12.2. The fourth-order valence-electron chi connectivity index (χ4n) is 7.03. The molecule has 0 bridgehead atoms. The van der Waals surface area contributed by atoms with E-state index in [1.54, 1.807) is 0 Å². The zero-order chi connectivity index (χ0) is 29.7. The highest BCUT2D eigenvalue weighted by atomic mass is 15.1. The number of nitrogens with zero attached hydrogens (tertiary/aromatic N) is 1. The smallest absolute Gasteiger partial charge is 0.0540 e. The molecule has 1 aliphatic rings.